The molecule has 1 aliphatic heterocycles. The highest BCUT2D eigenvalue weighted by Crippen LogP contribution is 2.33. The molecule has 2 heterocycles. The summed E-state index contributed by atoms with van der Waals surface area (Å²) >= 11 is 0. The lowest BCUT2D eigenvalue weighted by molar-refractivity contribution is -0.121. The minimum absolute atomic E-state index is 0.0272. The van der Waals surface area contributed by atoms with Crippen LogP contribution in [0.5, 0.6) is 0 Å². The molecule has 2 aromatic carbocycles. The van der Waals surface area contributed by atoms with Crippen LogP contribution >= 0.6 is 0 Å². The van der Waals surface area contributed by atoms with E-state index in [1.165, 1.54) is 16.5 Å². The highest BCUT2D eigenvalue weighted by atomic mass is 16.2. The van der Waals surface area contributed by atoms with Gasteiger partial charge in [0.15, 0.2) is 0 Å². The van der Waals surface area contributed by atoms with Crippen LogP contribution in [-0.4, -0.2) is 34.9 Å². The van der Waals surface area contributed by atoms with Crippen molar-refractivity contribution in [1.82, 2.24) is 9.88 Å². The van der Waals surface area contributed by atoms with E-state index >= 15 is 0 Å². The number of para-hydroxylation sites is 1. The number of rotatable bonds is 4. The number of piperidine rings is 1. The molecule has 1 amide bonds. The number of H-pyrrole nitrogens is 1. The fraction of sp³-hybridized carbons (Fsp3) is 0.304. The molecule has 3 aromatic rings. The number of hydrogen-bond donors (Lipinski definition) is 2. The molecule has 1 atom stereocenters. The summed E-state index contributed by atoms with van der Waals surface area (Å²) in [7, 11) is 0. The molecule has 1 aromatic heterocycles. The van der Waals surface area contributed by atoms with E-state index in [0.29, 0.717) is 17.2 Å². The molecule has 0 unspecified atom stereocenters. The molecular weight excluding hydrogens is 348 g/mol. The van der Waals surface area contributed by atoms with Gasteiger partial charge in [-0.05, 0) is 68.6 Å². The van der Waals surface area contributed by atoms with E-state index in [0.717, 1.165) is 25.9 Å². The molecule has 0 radical (unpaired) electrons. The highest BCUT2D eigenvalue weighted by Gasteiger charge is 2.28. The number of aromatic nitrogens is 1. The molecule has 2 N–H and O–H groups in total. The van der Waals surface area contributed by atoms with Crippen molar-refractivity contribution in [2.75, 3.05) is 18.4 Å². The number of nitriles is 1. The standard InChI is InChI=1S/C23H24N4O/c1-16(23(28)26-19-6-4-5-17(13-19)14-24)27-11-9-18(10-12-27)21-15-25-22-8-3-2-7-20(21)22/h2-8,13,15-16,18,25H,9-12H2,1H3,(H,26,28)/t16-/m1/s1. The molecule has 0 bridgehead atoms. The zero-order valence-electron chi connectivity index (χ0n) is 16.0. The van der Waals surface area contributed by atoms with Crippen LogP contribution in [-0.2, 0) is 4.79 Å². The van der Waals surface area contributed by atoms with Crippen LogP contribution in [0.15, 0.2) is 54.7 Å². The SMILES string of the molecule is C[C@H](C(=O)Nc1cccc(C#N)c1)N1CCC(c2c[nH]c3ccccc23)CC1. The molecule has 142 valence electrons. The van der Waals surface area contributed by atoms with Crippen LogP contribution < -0.4 is 5.32 Å². The van der Waals surface area contributed by atoms with Gasteiger partial charge in [0.25, 0.3) is 0 Å². The molecule has 0 saturated carbocycles. The van der Waals surface area contributed by atoms with Gasteiger partial charge in [-0.3, -0.25) is 9.69 Å². The first-order chi connectivity index (χ1) is 13.7. The third-order valence-corrected chi connectivity index (χ3v) is 5.78. The molecule has 0 aliphatic carbocycles. The smallest absolute Gasteiger partial charge is 0.241 e. The Hall–Kier alpha value is -3.10. The Balaban J connectivity index is 1.37. The van der Waals surface area contributed by atoms with Crippen molar-refractivity contribution in [1.29, 1.82) is 5.26 Å². The van der Waals surface area contributed by atoms with E-state index in [9.17, 15) is 4.79 Å². The van der Waals surface area contributed by atoms with Gasteiger partial charge in [0.1, 0.15) is 0 Å². The zero-order chi connectivity index (χ0) is 19.5. The monoisotopic (exact) mass is 372 g/mol. The van der Waals surface area contributed by atoms with Crippen LogP contribution in [0.25, 0.3) is 10.9 Å². The quantitative estimate of drug-likeness (QED) is 0.719. The Morgan fingerprint density at radius 3 is 2.79 bits per heavy atom. The van der Waals surface area contributed by atoms with E-state index < -0.39 is 0 Å². The average molecular weight is 372 g/mol. The number of carbonyl (C=O) groups is 1. The number of nitrogens with zero attached hydrogens (tertiary/aromatic N) is 2. The lowest BCUT2D eigenvalue weighted by Gasteiger charge is -2.35. The zero-order valence-corrected chi connectivity index (χ0v) is 16.0. The van der Waals surface area contributed by atoms with E-state index in [-0.39, 0.29) is 11.9 Å². The van der Waals surface area contributed by atoms with Crippen LogP contribution in [0.2, 0.25) is 0 Å². The topological polar surface area (TPSA) is 71.9 Å². The number of hydrogen-bond acceptors (Lipinski definition) is 3. The first-order valence-electron chi connectivity index (χ1n) is 9.77. The second-order valence-corrected chi connectivity index (χ2v) is 7.46. The van der Waals surface area contributed by atoms with Gasteiger partial charge in [-0.1, -0.05) is 24.3 Å². The first kappa shape index (κ1) is 18.3. The van der Waals surface area contributed by atoms with Gasteiger partial charge in [-0.15, -0.1) is 0 Å². The van der Waals surface area contributed by atoms with Crippen molar-refractivity contribution in [2.24, 2.45) is 0 Å². The predicted octanol–water partition coefficient (Wildman–Crippen LogP) is 4.25. The van der Waals surface area contributed by atoms with Crippen LogP contribution in [0.1, 0.15) is 36.8 Å². The third-order valence-electron chi connectivity index (χ3n) is 5.78. The highest BCUT2D eigenvalue weighted by molar-refractivity contribution is 5.94. The van der Waals surface area contributed by atoms with Crippen molar-refractivity contribution in [3.63, 3.8) is 0 Å². The summed E-state index contributed by atoms with van der Waals surface area (Å²) in [6.45, 7) is 3.75. The number of carbonyl (C=O) groups excluding carboxylic acids is 1. The maximum Gasteiger partial charge on any atom is 0.241 e. The van der Waals surface area contributed by atoms with Gasteiger partial charge < -0.3 is 10.3 Å². The summed E-state index contributed by atoms with van der Waals surface area (Å²) in [5.41, 5.74) is 3.79. The number of anilines is 1. The van der Waals surface area contributed by atoms with Crippen molar-refractivity contribution in [3.05, 3.63) is 65.9 Å². The van der Waals surface area contributed by atoms with Gasteiger partial charge in [0.05, 0.1) is 17.7 Å². The Bertz CT molecular complexity index is 1020. The normalized spacial score (nSPS) is 16.6. The van der Waals surface area contributed by atoms with Gasteiger partial charge in [0.2, 0.25) is 5.91 Å². The molecule has 28 heavy (non-hydrogen) atoms. The van der Waals surface area contributed by atoms with Crippen molar-refractivity contribution in [3.8, 4) is 6.07 Å². The van der Waals surface area contributed by atoms with E-state index in [4.69, 9.17) is 5.26 Å². The van der Waals surface area contributed by atoms with Crippen LogP contribution in [0, 0.1) is 11.3 Å². The number of nitrogens with one attached hydrogen (secondary N) is 2. The molecule has 4 rings (SSSR count). The fourth-order valence-electron chi connectivity index (χ4n) is 4.11. The summed E-state index contributed by atoms with van der Waals surface area (Å²) in [5, 5.41) is 13.3. The molecule has 1 aliphatic rings. The number of fused-ring (bicyclic) bond motifs is 1. The van der Waals surface area contributed by atoms with E-state index in [1.807, 2.05) is 13.0 Å². The molecule has 1 saturated heterocycles. The molecule has 0 spiro atoms. The van der Waals surface area contributed by atoms with E-state index in [2.05, 4.69) is 51.7 Å². The lowest BCUT2D eigenvalue weighted by Crippen LogP contribution is -2.45. The van der Waals surface area contributed by atoms with Crippen molar-refractivity contribution in [2.45, 2.75) is 31.7 Å². The maximum atomic E-state index is 12.7. The minimum Gasteiger partial charge on any atom is -0.361 e. The predicted molar refractivity (Wildman–Crippen MR) is 111 cm³/mol. The lowest BCUT2D eigenvalue weighted by atomic mass is 9.88. The van der Waals surface area contributed by atoms with Gasteiger partial charge in [0, 0.05) is 22.8 Å². The van der Waals surface area contributed by atoms with Crippen LogP contribution in [0.4, 0.5) is 5.69 Å². The largest absolute Gasteiger partial charge is 0.361 e. The molecule has 5 nitrogen and oxygen atoms in total. The van der Waals surface area contributed by atoms with E-state index in [1.54, 1.807) is 18.2 Å². The number of benzene rings is 2. The number of aromatic amines is 1. The van der Waals surface area contributed by atoms with Gasteiger partial charge in [-0.25, -0.2) is 0 Å². The molecule has 1 fully saturated rings. The second kappa shape index (κ2) is 7.87. The maximum absolute atomic E-state index is 12.7. The summed E-state index contributed by atoms with van der Waals surface area (Å²) < 4.78 is 0. The molecule has 5 heteroatoms. The Labute approximate surface area is 165 Å². The Morgan fingerprint density at radius 1 is 1.21 bits per heavy atom. The summed E-state index contributed by atoms with van der Waals surface area (Å²) in [4.78, 5) is 18.3. The fourth-order valence-corrected chi connectivity index (χ4v) is 4.11. The number of likely N-dealkylation sites (tertiary alicyclic amines) is 1. The van der Waals surface area contributed by atoms with Crippen LogP contribution in [0.3, 0.4) is 0 Å². The minimum atomic E-state index is -0.199. The van der Waals surface area contributed by atoms with Crippen molar-refractivity contribution >= 4 is 22.5 Å². The third kappa shape index (κ3) is 3.64. The summed E-state index contributed by atoms with van der Waals surface area (Å²) in [6, 6.07) is 17.4. The Morgan fingerprint density at radius 2 is 2.00 bits per heavy atom. The first-order valence-corrected chi connectivity index (χ1v) is 9.77. The summed E-state index contributed by atoms with van der Waals surface area (Å²) in [5.74, 6) is 0.496. The van der Waals surface area contributed by atoms with Gasteiger partial charge in [-0.2, -0.15) is 5.26 Å². The number of amides is 1. The molecular formula is C23H24N4O. The van der Waals surface area contributed by atoms with Gasteiger partial charge >= 0.3 is 0 Å². The summed E-state index contributed by atoms with van der Waals surface area (Å²) in [6.07, 6.45) is 4.23. The second-order valence-electron chi connectivity index (χ2n) is 7.46. The average Bonchev–Trinajstić information content (AvgIpc) is 3.17. The Kier molecular flexibility index (Phi) is 5.14. The van der Waals surface area contributed by atoms with Crippen molar-refractivity contribution < 1.29 is 4.79 Å².